The Labute approximate surface area is 170 Å². The van der Waals surface area contributed by atoms with Gasteiger partial charge in [-0.1, -0.05) is 10.3 Å². The number of aryl methyl sites for hydroxylation is 3. The van der Waals surface area contributed by atoms with Crippen LogP contribution in [0.4, 0.5) is 0 Å². The van der Waals surface area contributed by atoms with Crippen molar-refractivity contribution in [1.29, 1.82) is 0 Å². The van der Waals surface area contributed by atoms with Gasteiger partial charge in [-0.3, -0.25) is 14.3 Å². The number of nitrogens with zero attached hydrogens (tertiary/aromatic N) is 5. The first-order valence-corrected chi connectivity index (χ1v) is 10.2. The van der Waals surface area contributed by atoms with Crippen LogP contribution in [0.1, 0.15) is 55.0 Å². The van der Waals surface area contributed by atoms with Crippen LogP contribution in [-0.4, -0.2) is 56.4 Å². The minimum absolute atomic E-state index is 0.0328. The lowest BCUT2D eigenvalue weighted by Gasteiger charge is -2.31. The number of hydrogen-bond donors (Lipinski definition) is 1. The number of likely N-dealkylation sites (tertiary alicyclic amines) is 1. The third kappa shape index (κ3) is 5.42. The summed E-state index contributed by atoms with van der Waals surface area (Å²) in [4.78, 5) is 26.6. The van der Waals surface area contributed by atoms with E-state index in [2.05, 4.69) is 32.3 Å². The molecule has 0 radical (unpaired) electrons. The summed E-state index contributed by atoms with van der Waals surface area (Å²) in [5.41, 5.74) is 3.32. The molecule has 1 aliphatic heterocycles. The molecule has 0 saturated carbocycles. The summed E-state index contributed by atoms with van der Waals surface area (Å²) in [6.07, 6.45) is 2.38. The van der Waals surface area contributed by atoms with E-state index in [0.717, 1.165) is 24.2 Å². The normalized spacial score (nSPS) is 16.1. The van der Waals surface area contributed by atoms with Crippen LogP contribution in [-0.2, 0) is 16.0 Å². The lowest BCUT2D eigenvalue weighted by atomic mass is 9.93. The van der Waals surface area contributed by atoms with Crippen LogP contribution in [0.25, 0.3) is 0 Å². The smallest absolute Gasteiger partial charge is 0.228 e. The minimum Gasteiger partial charge on any atom is -0.354 e. The molecule has 0 aromatic carbocycles. The zero-order valence-corrected chi connectivity index (χ0v) is 17.6. The molecule has 1 fully saturated rings. The maximum Gasteiger partial charge on any atom is 0.228 e. The number of amides is 2. The molecule has 0 spiro atoms. The highest BCUT2D eigenvalue weighted by Gasteiger charge is 2.25. The fourth-order valence-corrected chi connectivity index (χ4v) is 3.83. The van der Waals surface area contributed by atoms with Crippen molar-refractivity contribution in [2.75, 3.05) is 19.6 Å². The number of nitrogens with one attached hydrogen (secondary N) is 1. The molecular formula is C20H30N6O3. The Morgan fingerprint density at radius 1 is 1.24 bits per heavy atom. The second-order valence-corrected chi connectivity index (χ2v) is 8.03. The Hall–Kier alpha value is -2.71. The zero-order valence-electron chi connectivity index (χ0n) is 17.6. The summed E-state index contributed by atoms with van der Waals surface area (Å²) in [6, 6.07) is 2.15. The molecule has 1 N–H and O–H groups in total. The van der Waals surface area contributed by atoms with Gasteiger partial charge < -0.3 is 10.2 Å². The van der Waals surface area contributed by atoms with Crippen molar-refractivity contribution in [2.45, 2.75) is 59.4 Å². The molecule has 2 amide bonds. The van der Waals surface area contributed by atoms with E-state index in [4.69, 9.17) is 0 Å². The zero-order chi connectivity index (χ0) is 21.0. The van der Waals surface area contributed by atoms with E-state index >= 15 is 0 Å². The van der Waals surface area contributed by atoms with E-state index in [1.165, 1.54) is 0 Å². The van der Waals surface area contributed by atoms with Crippen LogP contribution >= 0.6 is 0 Å². The molecule has 2 aromatic heterocycles. The predicted molar refractivity (Wildman–Crippen MR) is 106 cm³/mol. The highest BCUT2D eigenvalue weighted by atomic mass is 16.6. The molecule has 29 heavy (non-hydrogen) atoms. The van der Waals surface area contributed by atoms with Gasteiger partial charge in [-0.05, 0) is 52.5 Å². The SMILES string of the molecule is Cc1cc(C)n(C(C)CNC(=O)CC2CCN(C(=O)Cc3nonc3C)CC2)n1. The quantitative estimate of drug-likeness (QED) is 0.756. The summed E-state index contributed by atoms with van der Waals surface area (Å²) in [7, 11) is 0. The minimum atomic E-state index is 0.0328. The van der Waals surface area contributed by atoms with E-state index < -0.39 is 0 Å². The van der Waals surface area contributed by atoms with E-state index in [1.807, 2.05) is 29.5 Å². The fraction of sp³-hybridized carbons (Fsp3) is 0.650. The molecule has 1 aliphatic rings. The first-order chi connectivity index (χ1) is 13.8. The van der Waals surface area contributed by atoms with Crippen LogP contribution in [0.5, 0.6) is 0 Å². The second kappa shape index (κ2) is 9.19. The van der Waals surface area contributed by atoms with Crippen LogP contribution < -0.4 is 5.32 Å². The van der Waals surface area contributed by atoms with Gasteiger partial charge in [0.2, 0.25) is 11.8 Å². The van der Waals surface area contributed by atoms with Crippen molar-refractivity contribution >= 4 is 11.8 Å². The van der Waals surface area contributed by atoms with Gasteiger partial charge in [0.15, 0.2) is 0 Å². The Balaban J connectivity index is 1.38. The summed E-state index contributed by atoms with van der Waals surface area (Å²) in [5, 5.41) is 15.0. The Morgan fingerprint density at radius 2 is 1.97 bits per heavy atom. The number of carbonyl (C=O) groups is 2. The molecule has 2 aromatic rings. The van der Waals surface area contributed by atoms with E-state index in [1.54, 1.807) is 6.92 Å². The average molecular weight is 402 g/mol. The number of rotatable bonds is 7. The lowest BCUT2D eigenvalue weighted by molar-refractivity contribution is -0.132. The van der Waals surface area contributed by atoms with Crippen molar-refractivity contribution in [3.8, 4) is 0 Å². The third-order valence-corrected chi connectivity index (χ3v) is 5.56. The molecule has 1 atom stereocenters. The third-order valence-electron chi connectivity index (χ3n) is 5.56. The predicted octanol–water partition coefficient (Wildman–Crippen LogP) is 1.74. The first kappa shape index (κ1) is 21.0. The molecule has 3 rings (SSSR count). The summed E-state index contributed by atoms with van der Waals surface area (Å²) >= 11 is 0. The lowest BCUT2D eigenvalue weighted by Crippen LogP contribution is -2.40. The van der Waals surface area contributed by atoms with E-state index in [-0.39, 0.29) is 24.3 Å². The molecular weight excluding hydrogens is 372 g/mol. The van der Waals surface area contributed by atoms with Crippen molar-refractivity contribution in [2.24, 2.45) is 5.92 Å². The Morgan fingerprint density at radius 3 is 2.55 bits per heavy atom. The average Bonchev–Trinajstić information content (AvgIpc) is 3.24. The van der Waals surface area contributed by atoms with Gasteiger partial charge in [-0.25, -0.2) is 4.63 Å². The molecule has 1 unspecified atom stereocenters. The topological polar surface area (TPSA) is 106 Å². The van der Waals surface area contributed by atoms with Crippen molar-refractivity contribution in [3.63, 3.8) is 0 Å². The molecule has 158 valence electrons. The molecule has 0 aliphatic carbocycles. The van der Waals surface area contributed by atoms with Crippen LogP contribution in [0.3, 0.4) is 0 Å². The maximum absolute atomic E-state index is 12.4. The summed E-state index contributed by atoms with van der Waals surface area (Å²) in [6.45, 7) is 9.72. The number of hydrogen-bond acceptors (Lipinski definition) is 6. The van der Waals surface area contributed by atoms with Gasteiger partial charge >= 0.3 is 0 Å². The van der Waals surface area contributed by atoms with Crippen LogP contribution in [0.15, 0.2) is 10.7 Å². The highest BCUT2D eigenvalue weighted by molar-refractivity contribution is 5.79. The Kier molecular flexibility index (Phi) is 6.66. The van der Waals surface area contributed by atoms with Gasteiger partial charge in [0.25, 0.3) is 0 Å². The standard InChI is InChI=1S/C20H30N6O3/c1-13-9-14(2)26(22-13)15(3)12-21-19(27)10-17-5-7-25(8-6-17)20(28)11-18-16(4)23-29-24-18/h9,15,17H,5-8,10-12H2,1-4H3,(H,21,27). The van der Waals surface area contributed by atoms with Gasteiger partial charge in [0.1, 0.15) is 11.4 Å². The van der Waals surface area contributed by atoms with Crippen LogP contribution in [0.2, 0.25) is 0 Å². The number of carbonyl (C=O) groups excluding carboxylic acids is 2. The van der Waals surface area contributed by atoms with Gasteiger partial charge in [-0.15, -0.1) is 0 Å². The number of piperidine rings is 1. The molecule has 3 heterocycles. The second-order valence-electron chi connectivity index (χ2n) is 8.03. The van der Waals surface area contributed by atoms with Crippen LogP contribution in [0, 0.1) is 26.7 Å². The Bertz CT molecular complexity index is 850. The van der Waals surface area contributed by atoms with Crippen molar-refractivity contribution < 1.29 is 14.2 Å². The molecule has 9 nitrogen and oxygen atoms in total. The summed E-state index contributed by atoms with van der Waals surface area (Å²) < 4.78 is 6.60. The summed E-state index contributed by atoms with van der Waals surface area (Å²) in [5.74, 6) is 0.399. The fourth-order valence-electron chi connectivity index (χ4n) is 3.83. The largest absolute Gasteiger partial charge is 0.354 e. The van der Waals surface area contributed by atoms with E-state index in [9.17, 15) is 9.59 Å². The molecule has 9 heteroatoms. The van der Waals surface area contributed by atoms with Gasteiger partial charge in [0.05, 0.1) is 18.2 Å². The van der Waals surface area contributed by atoms with Gasteiger partial charge in [-0.2, -0.15) is 5.10 Å². The number of aromatic nitrogens is 4. The molecule has 1 saturated heterocycles. The monoisotopic (exact) mass is 402 g/mol. The first-order valence-electron chi connectivity index (χ1n) is 10.2. The van der Waals surface area contributed by atoms with Gasteiger partial charge in [0, 0.05) is 31.7 Å². The molecule has 0 bridgehead atoms. The van der Waals surface area contributed by atoms with E-state index in [0.29, 0.717) is 43.4 Å². The van der Waals surface area contributed by atoms with Crippen molar-refractivity contribution in [1.82, 2.24) is 30.3 Å². The highest BCUT2D eigenvalue weighted by Crippen LogP contribution is 2.21. The maximum atomic E-state index is 12.4. The van der Waals surface area contributed by atoms with Crippen molar-refractivity contribution in [3.05, 3.63) is 28.8 Å².